The molecule has 0 aliphatic heterocycles. The molecule has 0 spiro atoms. The van der Waals surface area contributed by atoms with E-state index in [9.17, 15) is 9.59 Å². The molecule has 1 aromatic rings. The first-order valence-corrected chi connectivity index (χ1v) is 6.01. The highest BCUT2D eigenvalue weighted by atomic mass is 16.2. The van der Waals surface area contributed by atoms with Gasteiger partial charge in [-0.25, -0.2) is 4.68 Å². The molecule has 104 valence electrons. The van der Waals surface area contributed by atoms with Crippen LogP contribution >= 0.6 is 0 Å². The second kappa shape index (κ2) is 6.48. The van der Waals surface area contributed by atoms with E-state index in [1.165, 1.54) is 4.90 Å². The van der Waals surface area contributed by atoms with Gasteiger partial charge < -0.3 is 4.90 Å². The zero-order chi connectivity index (χ0) is 15.3. The van der Waals surface area contributed by atoms with E-state index in [1.807, 2.05) is 12.1 Å². The van der Waals surface area contributed by atoms with Gasteiger partial charge in [0.05, 0.1) is 18.2 Å². The van der Waals surface area contributed by atoms with Crippen LogP contribution in [-0.4, -0.2) is 34.2 Å². The van der Waals surface area contributed by atoms with Crippen molar-refractivity contribution in [3.8, 4) is 12.1 Å². The van der Waals surface area contributed by atoms with Gasteiger partial charge in [0.1, 0.15) is 18.2 Å². The number of carbonyl (C=O) groups is 1. The van der Waals surface area contributed by atoms with Gasteiger partial charge in [0.15, 0.2) is 0 Å². The monoisotopic (exact) mass is 273 g/mol. The smallest absolute Gasteiger partial charge is 0.285 e. The van der Waals surface area contributed by atoms with Gasteiger partial charge in [0.25, 0.3) is 5.56 Å². The molecule has 0 saturated carbocycles. The molecular weight excluding hydrogens is 258 g/mol. The second-order valence-corrected chi connectivity index (χ2v) is 4.38. The molecule has 0 fully saturated rings. The minimum atomic E-state index is -0.572. The number of likely N-dealkylation sites (N-methyl/N-ethyl adjacent to an activating group) is 1. The number of nitrogens with zero attached hydrogens (tertiary/aromatic N) is 5. The molecule has 1 heterocycles. The average Bonchev–Trinajstić information content (AvgIpc) is 2.42. The summed E-state index contributed by atoms with van der Waals surface area (Å²) in [4.78, 5) is 25.3. The lowest BCUT2D eigenvalue weighted by Gasteiger charge is -2.16. The van der Waals surface area contributed by atoms with Crippen molar-refractivity contribution < 1.29 is 4.79 Å². The van der Waals surface area contributed by atoms with Gasteiger partial charge in [-0.3, -0.25) is 9.59 Å². The molecule has 0 aliphatic rings. The summed E-state index contributed by atoms with van der Waals surface area (Å²) in [7, 11) is 1.55. The number of hydrogen-bond donors (Lipinski definition) is 0. The van der Waals surface area contributed by atoms with E-state index in [2.05, 4.69) is 5.10 Å². The maximum Gasteiger partial charge on any atom is 0.285 e. The Kier molecular flexibility index (Phi) is 4.99. The van der Waals surface area contributed by atoms with Crippen LogP contribution in [0.2, 0.25) is 0 Å². The predicted octanol–water partition coefficient (Wildman–Crippen LogP) is 0.104. The number of nitriles is 2. The van der Waals surface area contributed by atoms with E-state index >= 15 is 0 Å². The van der Waals surface area contributed by atoms with E-state index < -0.39 is 5.56 Å². The van der Waals surface area contributed by atoms with E-state index in [0.717, 1.165) is 4.68 Å². The highest BCUT2D eigenvalue weighted by Crippen LogP contribution is 2.04. The summed E-state index contributed by atoms with van der Waals surface area (Å²) < 4.78 is 0.992. The Morgan fingerprint density at radius 2 is 2.05 bits per heavy atom. The van der Waals surface area contributed by atoms with Crippen molar-refractivity contribution in [1.29, 1.82) is 10.5 Å². The van der Waals surface area contributed by atoms with Crippen molar-refractivity contribution in [2.45, 2.75) is 26.8 Å². The van der Waals surface area contributed by atoms with Crippen LogP contribution < -0.4 is 5.56 Å². The first kappa shape index (κ1) is 15.4. The lowest BCUT2D eigenvalue weighted by Crippen LogP contribution is -2.37. The quantitative estimate of drug-likeness (QED) is 0.774. The molecule has 1 rings (SSSR count). The Morgan fingerprint density at radius 1 is 1.40 bits per heavy atom. The molecule has 7 nitrogen and oxygen atoms in total. The van der Waals surface area contributed by atoms with Crippen molar-refractivity contribution in [2.24, 2.45) is 0 Å². The third kappa shape index (κ3) is 3.21. The van der Waals surface area contributed by atoms with E-state index in [0.29, 0.717) is 17.8 Å². The Morgan fingerprint density at radius 3 is 2.60 bits per heavy atom. The summed E-state index contributed by atoms with van der Waals surface area (Å²) in [5.74, 6) is -0.331. The van der Waals surface area contributed by atoms with Gasteiger partial charge in [-0.1, -0.05) is 0 Å². The zero-order valence-electron chi connectivity index (χ0n) is 11.7. The molecule has 0 atom stereocenters. The lowest BCUT2D eigenvalue weighted by molar-refractivity contribution is -0.130. The summed E-state index contributed by atoms with van der Waals surface area (Å²) >= 11 is 0. The number of amides is 1. The molecule has 7 heteroatoms. The lowest BCUT2D eigenvalue weighted by atomic mass is 10.1. The third-order valence-corrected chi connectivity index (χ3v) is 3.02. The molecule has 0 aromatic carbocycles. The SMILES string of the molecule is Cc1nn(CC(=O)N(C)CCC#N)c(=O)c(C#N)c1C. The van der Waals surface area contributed by atoms with Crippen LogP contribution in [0.5, 0.6) is 0 Å². The molecule has 0 bridgehead atoms. The fraction of sp³-hybridized carbons (Fsp3) is 0.462. The van der Waals surface area contributed by atoms with Gasteiger partial charge in [-0.2, -0.15) is 15.6 Å². The van der Waals surface area contributed by atoms with Crippen LogP contribution in [0.4, 0.5) is 0 Å². The van der Waals surface area contributed by atoms with Crippen LogP contribution in [0.15, 0.2) is 4.79 Å². The standard InChI is InChI=1S/C13H15N5O2/c1-9-10(2)16-18(13(20)11(9)7-15)8-12(19)17(3)6-4-5-14/h4,6,8H2,1-3H3. The predicted molar refractivity (Wildman–Crippen MR) is 70.6 cm³/mol. The molecule has 0 N–H and O–H groups in total. The van der Waals surface area contributed by atoms with Gasteiger partial charge in [-0.15, -0.1) is 0 Å². The molecule has 1 amide bonds. The van der Waals surface area contributed by atoms with Crippen molar-refractivity contribution in [2.75, 3.05) is 13.6 Å². The second-order valence-electron chi connectivity index (χ2n) is 4.38. The summed E-state index contributed by atoms with van der Waals surface area (Å²) in [6, 6.07) is 3.78. The first-order chi connectivity index (χ1) is 9.42. The Balaban J connectivity index is 3.03. The van der Waals surface area contributed by atoms with Crippen molar-refractivity contribution in [3.05, 3.63) is 27.2 Å². The Labute approximate surface area is 116 Å². The summed E-state index contributed by atoms with van der Waals surface area (Å²) in [6.45, 7) is 3.38. The normalized spacial score (nSPS) is 9.65. The van der Waals surface area contributed by atoms with Crippen LogP contribution in [0.3, 0.4) is 0 Å². The molecular formula is C13H15N5O2. The van der Waals surface area contributed by atoms with Gasteiger partial charge in [0.2, 0.25) is 5.91 Å². The molecule has 0 radical (unpaired) electrons. The fourth-order valence-corrected chi connectivity index (χ4v) is 1.60. The number of carbonyl (C=O) groups excluding carboxylic acids is 1. The van der Waals surface area contributed by atoms with Crippen LogP contribution in [-0.2, 0) is 11.3 Å². The minimum Gasteiger partial charge on any atom is -0.343 e. The van der Waals surface area contributed by atoms with Crippen molar-refractivity contribution >= 4 is 5.91 Å². The van der Waals surface area contributed by atoms with E-state index in [4.69, 9.17) is 10.5 Å². The zero-order valence-corrected chi connectivity index (χ0v) is 11.7. The van der Waals surface area contributed by atoms with Crippen LogP contribution in [0.25, 0.3) is 0 Å². The van der Waals surface area contributed by atoms with E-state index in [-0.39, 0.29) is 24.4 Å². The number of hydrogen-bond acceptors (Lipinski definition) is 5. The first-order valence-electron chi connectivity index (χ1n) is 6.01. The maximum absolute atomic E-state index is 12.0. The highest BCUT2D eigenvalue weighted by molar-refractivity contribution is 5.75. The van der Waals surface area contributed by atoms with Gasteiger partial charge in [0, 0.05) is 13.6 Å². The van der Waals surface area contributed by atoms with Gasteiger partial charge >= 0.3 is 0 Å². The third-order valence-electron chi connectivity index (χ3n) is 3.02. The molecule has 1 aromatic heterocycles. The topological polar surface area (TPSA) is 103 Å². The molecule has 0 aliphatic carbocycles. The van der Waals surface area contributed by atoms with Gasteiger partial charge in [-0.05, 0) is 19.4 Å². The average molecular weight is 273 g/mol. The van der Waals surface area contributed by atoms with Crippen LogP contribution in [0.1, 0.15) is 23.2 Å². The van der Waals surface area contributed by atoms with Crippen molar-refractivity contribution in [3.63, 3.8) is 0 Å². The van der Waals surface area contributed by atoms with E-state index in [1.54, 1.807) is 20.9 Å². The number of aromatic nitrogens is 2. The van der Waals surface area contributed by atoms with Crippen LogP contribution in [0, 0.1) is 36.5 Å². The summed E-state index contributed by atoms with van der Waals surface area (Å²) in [5, 5.41) is 21.5. The maximum atomic E-state index is 12.0. The Hall–Kier alpha value is -2.67. The molecule has 0 saturated heterocycles. The Bertz CT molecular complexity index is 663. The molecule has 0 unspecified atom stereocenters. The highest BCUT2D eigenvalue weighted by Gasteiger charge is 2.15. The summed E-state index contributed by atoms with van der Waals surface area (Å²) in [5.41, 5.74) is 0.496. The number of rotatable bonds is 4. The largest absolute Gasteiger partial charge is 0.343 e. The van der Waals surface area contributed by atoms with Crippen molar-refractivity contribution in [1.82, 2.24) is 14.7 Å². The number of aryl methyl sites for hydroxylation is 1. The fourth-order valence-electron chi connectivity index (χ4n) is 1.60. The summed E-state index contributed by atoms with van der Waals surface area (Å²) in [6.07, 6.45) is 0.223. The molecule has 20 heavy (non-hydrogen) atoms. The minimum absolute atomic E-state index is 0.00461.